The minimum Gasteiger partial charge on any atom is -0.453 e. The maximum Gasteiger partial charge on any atom is 0.411 e. The first-order chi connectivity index (χ1) is 18.9. The van der Waals surface area contributed by atoms with Gasteiger partial charge in [0.2, 0.25) is 6.41 Å². The lowest BCUT2D eigenvalue weighted by molar-refractivity contribution is -0.105. The maximum atomic E-state index is 13.4. The number of halogens is 1. The molecule has 10 nitrogen and oxygen atoms in total. The van der Waals surface area contributed by atoms with Crippen LogP contribution in [-0.4, -0.2) is 40.5 Å². The summed E-state index contributed by atoms with van der Waals surface area (Å²) in [5.74, 6) is 0.162. The van der Waals surface area contributed by atoms with Crippen LogP contribution in [0.4, 0.5) is 16.2 Å². The number of imidazole rings is 1. The van der Waals surface area contributed by atoms with Gasteiger partial charge in [0.05, 0.1) is 24.4 Å². The summed E-state index contributed by atoms with van der Waals surface area (Å²) < 4.78 is 4.62. The Labute approximate surface area is 229 Å². The van der Waals surface area contributed by atoms with Gasteiger partial charge in [0.25, 0.3) is 5.91 Å². The average Bonchev–Trinajstić information content (AvgIpc) is 3.33. The van der Waals surface area contributed by atoms with Crippen molar-refractivity contribution in [3.05, 3.63) is 83.4 Å². The van der Waals surface area contributed by atoms with Crippen LogP contribution in [-0.2, 0) is 9.53 Å². The summed E-state index contributed by atoms with van der Waals surface area (Å²) in [4.78, 5) is 48.4. The molecule has 200 valence electrons. The van der Waals surface area contributed by atoms with Crippen LogP contribution in [0, 0.1) is 0 Å². The number of fused-ring (bicyclic) bond motifs is 1. The number of nitrogens with one attached hydrogen (secondary N) is 4. The van der Waals surface area contributed by atoms with Gasteiger partial charge in [0, 0.05) is 28.4 Å². The molecule has 3 amide bonds. The molecule has 4 aromatic rings. The number of pyridine rings is 1. The van der Waals surface area contributed by atoms with Crippen molar-refractivity contribution < 1.29 is 19.1 Å². The van der Waals surface area contributed by atoms with E-state index in [0.717, 1.165) is 17.3 Å². The number of methoxy groups -OCH3 is 1. The van der Waals surface area contributed by atoms with E-state index in [0.29, 0.717) is 46.9 Å². The van der Waals surface area contributed by atoms with E-state index in [1.165, 1.54) is 7.11 Å². The van der Waals surface area contributed by atoms with E-state index < -0.39 is 12.1 Å². The largest absolute Gasteiger partial charge is 0.453 e. The Bertz CT molecular complexity index is 1530. The Morgan fingerprint density at radius 2 is 2.00 bits per heavy atom. The zero-order valence-electron chi connectivity index (χ0n) is 21.3. The third-order valence-corrected chi connectivity index (χ3v) is 6.17. The van der Waals surface area contributed by atoms with Crippen molar-refractivity contribution in [3.63, 3.8) is 0 Å². The van der Waals surface area contributed by atoms with Gasteiger partial charge in [0.1, 0.15) is 16.7 Å². The normalized spacial score (nSPS) is 11.8. The number of carbonyl (C=O) groups is 3. The molecule has 0 saturated carbocycles. The van der Waals surface area contributed by atoms with Crippen molar-refractivity contribution in [2.75, 3.05) is 17.7 Å². The van der Waals surface area contributed by atoms with Crippen LogP contribution in [0.5, 0.6) is 0 Å². The average molecular weight is 547 g/mol. The van der Waals surface area contributed by atoms with E-state index in [-0.39, 0.29) is 11.1 Å². The van der Waals surface area contributed by atoms with Crippen LogP contribution in [0.2, 0.25) is 5.15 Å². The number of ether oxygens (including phenoxy) is 1. The molecule has 0 aliphatic heterocycles. The molecule has 0 aliphatic carbocycles. The number of hydrogen-bond donors (Lipinski definition) is 4. The molecular formula is C28H27ClN6O4. The fourth-order valence-corrected chi connectivity index (χ4v) is 4.31. The molecule has 0 radical (unpaired) electrons. The zero-order chi connectivity index (χ0) is 27.8. The number of allylic oxidation sites excluding steroid dienone is 1. The molecule has 2 aromatic carbocycles. The first-order valence-electron chi connectivity index (χ1n) is 12.2. The molecule has 2 heterocycles. The third kappa shape index (κ3) is 6.42. The molecular weight excluding hydrogens is 520 g/mol. The van der Waals surface area contributed by atoms with E-state index in [9.17, 15) is 14.4 Å². The van der Waals surface area contributed by atoms with Crippen LogP contribution in [0.25, 0.3) is 22.2 Å². The molecule has 1 atom stereocenters. The number of aromatic nitrogens is 3. The van der Waals surface area contributed by atoms with Gasteiger partial charge in [-0.3, -0.25) is 19.9 Å². The fraction of sp³-hybridized carbons (Fsp3) is 0.179. The van der Waals surface area contributed by atoms with E-state index in [1.807, 2.05) is 31.2 Å². The van der Waals surface area contributed by atoms with E-state index in [1.54, 1.807) is 42.6 Å². The Morgan fingerprint density at radius 3 is 2.77 bits per heavy atom. The highest BCUT2D eigenvalue weighted by molar-refractivity contribution is 6.32. The van der Waals surface area contributed by atoms with Crippen LogP contribution in [0.3, 0.4) is 0 Å². The Balaban J connectivity index is 1.68. The third-order valence-electron chi connectivity index (χ3n) is 5.90. The second-order valence-corrected chi connectivity index (χ2v) is 8.82. The summed E-state index contributed by atoms with van der Waals surface area (Å²) in [5.41, 5.74) is 2.87. The van der Waals surface area contributed by atoms with E-state index in [4.69, 9.17) is 16.6 Å². The number of benzene rings is 2. The summed E-state index contributed by atoms with van der Waals surface area (Å²) in [6.07, 6.45) is 6.82. The zero-order valence-corrected chi connectivity index (χ0v) is 22.1. The van der Waals surface area contributed by atoms with Gasteiger partial charge >= 0.3 is 6.09 Å². The second-order valence-electron chi connectivity index (χ2n) is 8.44. The minimum absolute atomic E-state index is 0.223. The predicted molar refractivity (Wildman–Crippen MR) is 151 cm³/mol. The van der Waals surface area contributed by atoms with Crippen molar-refractivity contribution in [2.45, 2.75) is 25.8 Å². The van der Waals surface area contributed by atoms with Gasteiger partial charge in [-0.25, -0.2) is 9.78 Å². The molecule has 0 fully saturated rings. The number of anilines is 2. The Kier molecular flexibility index (Phi) is 8.90. The van der Waals surface area contributed by atoms with Gasteiger partial charge < -0.3 is 20.4 Å². The molecule has 4 rings (SSSR count). The molecule has 0 unspecified atom stereocenters. The fourth-order valence-electron chi connectivity index (χ4n) is 4.07. The lowest BCUT2D eigenvalue weighted by Gasteiger charge is -2.16. The molecule has 2 aromatic heterocycles. The lowest BCUT2D eigenvalue weighted by Crippen LogP contribution is -2.29. The Hall–Kier alpha value is -4.70. The van der Waals surface area contributed by atoms with Gasteiger partial charge in [-0.2, -0.15) is 0 Å². The molecule has 4 N–H and O–H groups in total. The van der Waals surface area contributed by atoms with Crippen molar-refractivity contribution in [2.24, 2.45) is 0 Å². The number of H-pyrrole nitrogens is 1. The van der Waals surface area contributed by atoms with Gasteiger partial charge in [-0.15, -0.1) is 0 Å². The predicted octanol–water partition coefficient (Wildman–Crippen LogP) is 5.85. The number of carbonyl (C=O) groups excluding carboxylic acids is 3. The highest BCUT2D eigenvalue weighted by Crippen LogP contribution is 2.35. The molecule has 11 heteroatoms. The topological polar surface area (TPSA) is 138 Å². The van der Waals surface area contributed by atoms with Crippen LogP contribution >= 0.6 is 11.6 Å². The minimum atomic E-state index is -0.652. The van der Waals surface area contributed by atoms with Crippen LogP contribution in [0.1, 0.15) is 42.0 Å². The van der Waals surface area contributed by atoms with Gasteiger partial charge in [0.15, 0.2) is 0 Å². The molecule has 39 heavy (non-hydrogen) atoms. The van der Waals surface area contributed by atoms with E-state index >= 15 is 0 Å². The SMILES string of the molecule is CC/C=C/C[C@H](NC(=O)c1cccc2ncccc12)c1nc(-c2ccc(NC(=O)OC)cc2NC=O)c(Cl)[nH]1. The smallest absolute Gasteiger partial charge is 0.411 e. The lowest BCUT2D eigenvalue weighted by atomic mass is 10.1. The molecule has 0 saturated heterocycles. The number of amides is 3. The van der Waals surface area contributed by atoms with Crippen molar-refractivity contribution >= 4 is 52.3 Å². The number of nitrogens with zero attached hydrogens (tertiary/aromatic N) is 2. The van der Waals surface area contributed by atoms with Crippen LogP contribution in [0.15, 0.2) is 66.9 Å². The molecule has 0 bridgehead atoms. The standard InChI is InChI=1S/C28H27ClN6O4/c1-3-4-5-10-22(33-27(37)19-8-6-11-21-18(19)9-7-14-30-21)26-34-24(25(29)35-26)20-13-12-17(32-28(38)39-2)15-23(20)31-16-36/h4-9,11-16,22H,3,10H2,1-2H3,(H,31,36)(H,32,38)(H,33,37)(H,34,35)/b5-4+/t22-/m0/s1. The van der Waals surface area contributed by atoms with Crippen molar-refractivity contribution in [1.82, 2.24) is 20.3 Å². The summed E-state index contributed by atoms with van der Waals surface area (Å²) in [6.45, 7) is 2.02. The first kappa shape index (κ1) is 27.3. The summed E-state index contributed by atoms with van der Waals surface area (Å²) >= 11 is 6.57. The number of hydrogen-bond acceptors (Lipinski definition) is 6. The summed E-state index contributed by atoms with van der Waals surface area (Å²) in [6, 6.07) is 13.4. The van der Waals surface area contributed by atoms with Gasteiger partial charge in [-0.1, -0.05) is 42.8 Å². The number of aromatic amines is 1. The monoisotopic (exact) mass is 546 g/mol. The van der Waals surface area contributed by atoms with Crippen LogP contribution < -0.4 is 16.0 Å². The van der Waals surface area contributed by atoms with Crippen molar-refractivity contribution in [1.29, 1.82) is 0 Å². The molecule has 0 aliphatic rings. The molecule has 0 spiro atoms. The van der Waals surface area contributed by atoms with Gasteiger partial charge in [-0.05, 0) is 49.2 Å². The quantitative estimate of drug-likeness (QED) is 0.145. The highest BCUT2D eigenvalue weighted by atomic mass is 35.5. The van der Waals surface area contributed by atoms with E-state index in [2.05, 4.69) is 30.7 Å². The summed E-state index contributed by atoms with van der Waals surface area (Å²) in [7, 11) is 1.25. The maximum absolute atomic E-state index is 13.4. The first-order valence-corrected chi connectivity index (χ1v) is 12.6. The second kappa shape index (κ2) is 12.7. The highest BCUT2D eigenvalue weighted by Gasteiger charge is 2.23. The number of rotatable bonds is 10. The van der Waals surface area contributed by atoms with Crippen molar-refractivity contribution in [3.8, 4) is 11.3 Å². The Morgan fingerprint density at radius 1 is 1.15 bits per heavy atom. The summed E-state index contributed by atoms with van der Waals surface area (Å²) in [5, 5.41) is 9.19.